The van der Waals surface area contributed by atoms with Gasteiger partial charge in [0.25, 0.3) is 17.5 Å². The second kappa shape index (κ2) is 7.49. The van der Waals surface area contributed by atoms with Crippen molar-refractivity contribution < 1.29 is 14.5 Å². The monoisotopic (exact) mass is 365 g/mol. The number of aryl methyl sites for hydroxylation is 2. The number of nitro groups is 1. The van der Waals surface area contributed by atoms with Gasteiger partial charge >= 0.3 is 0 Å². The molecule has 27 heavy (non-hydrogen) atoms. The van der Waals surface area contributed by atoms with Gasteiger partial charge in [-0.3, -0.25) is 19.7 Å². The number of non-ortho nitro benzene ring substituents is 1. The van der Waals surface area contributed by atoms with Crippen LogP contribution in [0.15, 0.2) is 41.4 Å². The van der Waals surface area contributed by atoms with Crippen molar-refractivity contribution >= 4 is 23.6 Å². The van der Waals surface area contributed by atoms with E-state index < -0.39 is 4.92 Å². The molecule has 1 aliphatic heterocycles. The molecule has 1 atom stereocenters. The van der Waals surface area contributed by atoms with Crippen molar-refractivity contribution in [2.45, 2.75) is 20.3 Å². The molecule has 7 nitrogen and oxygen atoms in total. The Kier molecular flexibility index (Phi) is 5.12. The normalized spacial score (nSPS) is 15.3. The summed E-state index contributed by atoms with van der Waals surface area (Å²) >= 11 is 0. The molecule has 0 aromatic heterocycles. The third-order valence-corrected chi connectivity index (χ3v) is 4.63. The molecular weight excluding hydrogens is 346 g/mol. The van der Waals surface area contributed by atoms with Gasteiger partial charge in [0, 0.05) is 29.5 Å². The summed E-state index contributed by atoms with van der Waals surface area (Å²) in [6.07, 6.45) is 2.36. The van der Waals surface area contributed by atoms with Crippen molar-refractivity contribution in [1.82, 2.24) is 5.32 Å². The number of nitrogens with zero attached hydrogens (tertiary/aromatic N) is 2. The quantitative estimate of drug-likeness (QED) is 0.642. The van der Waals surface area contributed by atoms with Crippen molar-refractivity contribution in [3.05, 3.63) is 73.8 Å². The molecule has 0 spiro atoms. The van der Waals surface area contributed by atoms with Gasteiger partial charge in [-0.25, -0.2) is 4.99 Å². The Bertz CT molecular complexity index is 1040. The van der Waals surface area contributed by atoms with Gasteiger partial charge in [-0.1, -0.05) is 18.2 Å². The number of benzene rings is 2. The van der Waals surface area contributed by atoms with Gasteiger partial charge in [-0.2, -0.15) is 0 Å². The molecule has 1 unspecified atom stereocenters. The highest BCUT2D eigenvalue weighted by Gasteiger charge is 2.20. The number of nitrogens with one attached hydrogen (secondary N) is 1. The summed E-state index contributed by atoms with van der Waals surface area (Å²) in [7, 11) is 0. The van der Waals surface area contributed by atoms with Crippen LogP contribution in [0.3, 0.4) is 0 Å². The highest BCUT2D eigenvalue weighted by atomic mass is 16.6. The van der Waals surface area contributed by atoms with Crippen molar-refractivity contribution in [3.8, 4) is 0 Å². The van der Waals surface area contributed by atoms with E-state index in [2.05, 4.69) is 10.3 Å². The Morgan fingerprint density at radius 1 is 1.15 bits per heavy atom. The summed E-state index contributed by atoms with van der Waals surface area (Å²) in [5.74, 6) is -0.923. The van der Waals surface area contributed by atoms with Crippen LogP contribution in [0.5, 0.6) is 0 Å². The maximum Gasteiger partial charge on any atom is 0.269 e. The molecule has 0 radical (unpaired) electrons. The molecule has 7 heteroatoms. The van der Waals surface area contributed by atoms with E-state index in [1.54, 1.807) is 0 Å². The Morgan fingerprint density at radius 2 is 1.81 bits per heavy atom. The minimum absolute atomic E-state index is 0.0695. The van der Waals surface area contributed by atoms with E-state index in [4.69, 9.17) is 0 Å². The first-order chi connectivity index (χ1) is 12.9. The number of fused-ring (bicyclic) bond motifs is 1. The fraction of sp³-hybridized carbons (Fsp3) is 0.250. The summed E-state index contributed by atoms with van der Waals surface area (Å²) in [6, 6.07) is 9.33. The standard InChI is InChI=1S/C20H19N3O4/c1-12-3-4-13(2)18-17(12)11-15(20(25)22-18)9-10-21-19(24)14-5-7-16(8-6-14)23(26)27/h3-8,11,15H,9-10H2,1-2H3,(H,21,24). The van der Waals surface area contributed by atoms with Crippen molar-refractivity contribution in [2.24, 2.45) is 10.9 Å². The molecule has 0 saturated heterocycles. The molecule has 2 aromatic rings. The van der Waals surface area contributed by atoms with Gasteiger partial charge in [0.1, 0.15) is 0 Å². The summed E-state index contributed by atoms with van der Waals surface area (Å²) in [5.41, 5.74) is 2.29. The lowest BCUT2D eigenvalue weighted by Crippen LogP contribution is -2.38. The summed E-state index contributed by atoms with van der Waals surface area (Å²) in [5, 5.41) is 15.1. The number of carbonyl (C=O) groups excluding carboxylic acids is 2. The first-order valence-corrected chi connectivity index (χ1v) is 8.60. The minimum Gasteiger partial charge on any atom is -0.352 e. The summed E-state index contributed by atoms with van der Waals surface area (Å²) < 4.78 is 0. The van der Waals surface area contributed by atoms with Gasteiger partial charge < -0.3 is 5.32 Å². The SMILES string of the molecule is Cc1ccc(C)c2c1=CC(CCNC(=O)c1ccc([N+](=O)[O-])cc1)C(=O)N=2. The molecule has 1 heterocycles. The molecule has 138 valence electrons. The van der Waals surface area contributed by atoms with Gasteiger partial charge in [-0.15, -0.1) is 0 Å². The molecule has 2 aromatic carbocycles. The van der Waals surface area contributed by atoms with E-state index in [9.17, 15) is 19.7 Å². The van der Waals surface area contributed by atoms with Crippen LogP contribution in [0.1, 0.15) is 27.9 Å². The molecule has 0 saturated carbocycles. The lowest BCUT2D eigenvalue weighted by atomic mass is 9.97. The lowest BCUT2D eigenvalue weighted by Gasteiger charge is -2.14. The molecule has 0 bridgehead atoms. The predicted octanol–water partition coefficient (Wildman–Crippen LogP) is 1.59. The summed E-state index contributed by atoms with van der Waals surface area (Å²) in [6.45, 7) is 4.21. The first kappa shape index (κ1) is 18.4. The highest BCUT2D eigenvalue weighted by Crippen LogP contribution is 2.13. The van der Waals surface area contributed by atoms with E-state index in [0.717, 1.165) is 21.7 Å². The van der Waals surface area contributed by atoms with Crippen LogP contribution in [0.2, 0.25) is 0 Å². The average molecular weight is 365 g/mol. The Hall–Kier alpha value is -3.35. The average Bonchev–Trinajstić information content (AvgIpc) is 2.65. The third kappa shape index (κ3) is 3.92. The third-order valence-electron chi connectivity index (χ3n) is 4.63. The number of amides is 2. The van der Waals surface area contributed by atoms with Crippen molar-refractivity contribution in [2.75, 3.05) is 6.54 Å². The topological polar surface area (TPSA) is 102 Å². The van der Waals surface area contributed by atoms with E-state index in [1.807, 2.05) is 32.1 Å². The van der Waals surface area contributed by atoms with Crippen LogP contribution in [-0.2, 0) is 4.79 Å². The molecule has 1 aliphatic rings. The largest absolute Gasteiger partial charge is 0.352 e. The van der Waals surface area contributed by atoms with Crippen LogP contribution in [0.4, 0.5) is 5.69 Å². The molecule has 2 amide bonds. The second-order valence-corrected chi connectivity index (χ2v) is 6.53. The van der Waals surface area contributed by atoms with E-state index in [0.29, 0.717) is 18.5 Å². The number of hydrogen-bond acceptors (Lipinski definition) is 4. The van der Waals surface area contributed by atoms with Crippen LogP contribution < -0.4 is 15.9 Å². The predicted molar refractivity (Wildman–Crippen MR) is 99.7 cm³/mol. The maximum atomic E-state index is 12.3. The van der Waals surface area contributed by atoms with Gasteiger partial charge in [0.15, 0.2) is 0 Å². The van der Waals surface area contributed by atoms with Gasteiger partial charge in [-0.05, 0) is 43.5 Å². The molecule has 0 aliphatic carbocycles. The Morgan fingerprint density at radius 3 is 2.48 bits per heavy atom. The van der Waals surface area contributed by atoms with Crippen molar-refractivity contribution in [3.63, 3.8) is 0 Å². The van der Waals surface area contributed by atoms with Crippen LogP contribution in [0, 0.1) is 29.9 Å². The second-order valence-electron chi connectivity index (χ2n) is 6.53. The zero-order valence-corrected chi connectivity index (χ0v) is 15.1. The summed E-state index contributed by atoms with van der Waals surface area (Å²) in [4.78, 5) is 38.8. The Balaban J connectivity index is 1.66. The minimum atomic E-state index is -0.517. The zero-order chi connectivity index (χ0) is 19.6. The van der Waals surface area contributed by atoms with Crippen LogP contribution in [-0.4, -0.2) is 23.3 Å². The number of rotatable bonds is 5. The molecule has 3 rings (SSSR count). The zero-order valence-electron chi connectivity index (χ0n) is 15.1. The number of hydrogen-bond donors (Lipinski definition) is 1. The van der Waals surface area contributed by atoms with Gasteiger partial charge in [0.2, 0.25) is 0 Å². The number of nitro benzene ring substituents is 1. The Labute approximate surface area is 155 Å². The fourth-order valence-electron chi connectivity index (χ4n) is 3.03. The smallest absolute Gasteiger partial charge is 0.269 e. The maximum absolute atomic E-state index is 12.3. The van der Waals surface area contributed by atoms with Gasteiger partial charge in [0.05, 0.1) is 16.2 Å². The first-order valence-electron chi connectivity index (χ1n) is 8.60. The molecule has 1 N–H and O–H groups in total. The van der Waals surface area contributed by atoms with Crippen molar-refractivity contribution in [1.29, 1.82) is 0 Å². The number of carbonyl (C=O) groups is 2. The van der Waals surface area contributed by atoms with Crippen LogP contribution >= 0.6 is 0 Å². The molecular formula is C20H19N3O4. The molecule has 0 fully saturated rings. The lowest BCUT2D eigenvalue weighted by molar-refractivity contribution is -0.384. The van der Waals surface area contributed by atoms with E-state index in [1.165, 1.54) is 24.3 Å². The highest BCUT2D eigenvalue weighted by molar-refractivity contribution is 5.94. The van der Waals surface area contributed by atoms with Crippen LogP contribution in [0.25, 0.3) is 6.08 Å². The van der Waals surface area contributed by atoms with E-state index in [-0.39, 0.29) is 23.4 Å². The fourth-order valence-corrected chi connectivity index (χ4v) is 3.03. The van der Waals surface area contributed by atoms with E-state index >= 15 is 0 Å².